The summed E-state index contributed by atoms with van der Waals surface area (Å²) in [4.78, 5) is 23.0. The molecule has 0 heterocycles. The minimum Gasteiger partial charge on any atom is -0.469 e. The first-order chi connectivity index (χ1) is 8.45. The summed E-state index contributed by atoms with van der Waals surface area (Å²) in [5, 5.41) is 0. The average Bonchev–Trinajstić information content (AvgIpc) is 2.37. The fourth-order valence-electron chi connectivity index (χ4n) is 1.62. The Morgan fingerprint density at radius 1 is 1.28 bits per heavy atom. The van der Waals surface area contributed by atoms with Gasteiger partial charge in [0.2, 0.25) is 0 Å². The summed E-state index contributed by atoms with van der Waals surface area (Å²) in [5.41, 5.74) is 8.57. The second kappa shape index (κ2) is 6.31. The number of esters is 1. The predicted molar refractivity (Wildman–Crippen MR) is 69.5 cm³/mol. The molecule has 0 bridgehead atoms. The van der Waals surface area contributed by atoms with Gasteiger partial charge in [0.25, 0.3) is 0 Å². The van der Waals surface area contributed by atoms with Crippen LogP contribution in [0.1, 0.15) is 34.3 Å². The number of hydrogen-bond acceptors (Lipinski definition) is 4. The third-order valence-corrected chi connectivity index (χ3v) is 3.02. The van der Waals surface area contributed by atoms with E-state index in [1.165, 1.54) is 7.11 Å². The molecular formula is C14H19NO3. The van der Waals surface area contributed by atoms with Gasteiger partial charge >= 0.3 is 5.97 Å². The quantitative estimate of drug-likeness (QED) is 0.637. The van der Waals surface area contributed by atoms with Crippen LogP contribution in [0, 0.1) is 13.8 Å². The van der Waals surface area contributed by atoms with Crippen molar-refractivity contribution in [3.8, 4) is 0 Å². The van der Waals surface area contributed by atoms with E-state index < -0.39 is 6.04 Å². The van der Waals surface area contributed by atoms with Crippen molar-refractivity contribution in [1.29, 1.82) is 0 Å². The van der Waals surface area contributed by atoms with E-state index in [0.717, 1.165) is 11.1 Å². The molecule has 0 aliphatic heterocycles. The maximum atomic E-state index is 12.0. The number of ketones is 1. The normalized spacial score (nSPS) is 12.0. The second-order valence-electron chi connectivity index (χ2n) is 4.38. The molecule has 0 saturated heterocycles. The summed E-state index contributed by atoms with van der Waals surface area (Å²) in [6.07, 6.45) is 0.465. The molecule has 1 unspecified atom stereocenters. The van der Waals surface area contributed by atoms with Gasteiger partial charge in [-0.1, -0.05) is 12.1 Å². The number of hydrogen-bond donors (Lipinski definition) is 1. The Kier molecular flexibility index (Phi) is 5.04. The Bertz CT molecular complexity index is 454. The lowest BCUT2D eigenvalue weighted by molar-refractivity contribution is -0.140. The molecule has 18 heavy (non-hydrogen) atoms. The number of aryl methyl sites for hydroxylation is 2. The van der Waals surface area contributed by atoms with Crippen molar-refractivity contribution in [1.82, 2.24) is 0 Å². The smallest absolute Gasteiger partial charge is 0.305 e. The van der Waals surface area contributed by atoms with Crippen LogP contribution in [-0.4, -0.2) is 24.9 Å². The van der Waals surface area contributed by atoms with Crippen LogP contribution in [0.5, 0.6) is 0 Å². The molecule has 2 N–H and O–H groups in total. The highest BCUT2D eigenvalue weighted by Crippen LogP contribution is 2.12. The van der Waals surface area contributed by atoms with Gasteiger partial charge in [-0.05, 0) is 37.5 Å². The molecule has 4 heteroatoms. The van der Waals surface area contributed by atoms with Crippen LogP contribution in [0.25, 0.3) is 0 Å². The zero-order valence-corrected chi connectivity index (χ0v) is 11.0. The van der Waals surface area contributed by atoms with E-state index in [1.54, 1.807) is 6.07 Å². The van der Waals surface area contributed by atoms with E-state index >= 15 is 0 Å². The van der Waals surface area contributed by atoms with Crippen LogP contribution in [0.2, 0.25) is 0 Å². The van der Waals surface area contributed by atoms with Crippen LogP contribution in [0.3, 0.4) is 0 Å². The van der Waals surface area contributed by atoms with Crippen LogP contribution >= 0.6 is 0 Å². The van der Waals surface area contributed by atoms with Crippen molar-refractivity contribution in [2.24, 2.45) is 5.73 Å². The van der Waals surface area contributed by atoms with Crippen molar-refractivity contribution in [2.75, 3.05) is 7.11 Å². The number of methoxy groups -OCH3 is 1. The molecule has 0 amide bonds. The Hall–Kier alpha value is -1.68. The fraction of sp³-hybridized carbons (Fsp3) is 0.429. The molecule has 98 valence electrons. The molecular weight excluding hydrogens is 230 g/mol. The minimum absolute atomic E-state index is 0.137. The number of carbonyl (C=O) groups excluding carboxylic acids is 2. The first-order valence-corrected chi connectivity index (χ1v) is 5.89. The van der Waals surface area contributed by atoms with E-state index in [0.29, 0.717) is 12.0 Å². The van der Waals surface area contributed by atoms with Crippen molar-refractivity contribution < 1.29 is 14.3 Å². The maximum Gasteiger partial charge on any atom is 0.305 e. The maximum absolute atomic E-state index is 12.0. The SMILES string of the molecule is COC(=O)CCC(N)C(=O)c1ccc(C)c(C)c1. The number of ether oxygens (including phenoxy) is 1. The van der Waals surface area contributed by atoms with Crippen LogP contribution in [0.15, 0.2) is 18.2 Å². The van der Waals surface area contributed by atoms with Crippen molar-refractivity contribution in [2.45, 2.75) is 32.7 Å². The highest BCUT2D eigenvalue weighted by atomic mass is 16.5. The molecule has 0 aliphatic carbocycles. The molecule has 1 atom stereocenters. The van der Waals surface area contributed by atoms with E-state index in [9.17, 15) is 9.59 Å². The van der Waals surface area contributed by atoms with Gasteiger partial charge in [-0.2, -0.15) is 0 Å². The van der Waals surface area contributed by atoms with Crippen LogP contribution < -0.4 is 5.73 Å². The van der Waals surface area contributed by atoms with E-state index in [-0.39, 0.29) is 18.2 Å². The predicted octanol–water partition coefficient (Wildman–Crippen LogP) is 1.77. The molecule has 1 aromatic rings. The second-order valence-corrected chi connectivity index (χ2v) is 4.38. The zero-order chi connectivity index (χ0) is 13.7. The minimum atomic E-state index is -0.661. The number of rotatable bonds is 5. The average molecular weight is 249 g/mol. The standard InChI is InChI=1S/C14H19NO3/c1-9-4-5-11(8-10(9)2)14(17)12(15)6-7-13(16)18-3/h4-5,8,12H,6-7,15H2,1-3H3. The summed E-state index contributed by atoms with van der Waals surface area (Å²) < 4.78 is 4.52. The van der Waals surface area contributed by atoms with Gasteiger partial charge in [-0.15, -0.1) is 0 Å². The molecule has 4 nitrogen and oxygen atoms in total. The first kappa shape index (κ1) is 14.4. The summed E-state index contributed by atoms with van der Waals surface area (Å²) in [7, 11) is 1.32. The topological polar surface area (TPSA) is 69.4 Å². The number of carbonyl (C=O) groups is 2. The fourth-order valence-corrected chi connectivity index (χ4v) is 1.62. The third kappa shape index (κ3) is 3.67. The lowest BCUT2D eigenvalue weighted by Crippen LogP contribution is -2.31. The Balaban J connectivity index is 2.68. The Labute approximate surface area is 107 Å². The molecule has 0 spiro atoms. The van der Waals surface area contributed by atoms with Gasteiger partial charge in [0, 0.05) is 12.0 Å². The van der Waals surface area contributed by atoms with Crippen LogP contribution in [-0.2, 0) is 9.53 Å². The Morgan fingerprint density at radius 3 is 2.50 bits per heavy atom. The van der Waals surface area contributed by atoms with Gasteiger partial charge in [-0.3, -0.25) is 9.59 Å². The van der Waals surface area contributed by atoms with Crippen molar-refractivity contribution in [3.63, 3.8) is 0 Å². The van der Waals surface area contributed by atoms with Gasteiger partial charge in [0.15, 0.2) is 5.78 Å². The summed E-state index contributed by atoms with van der Waals surface area (Å²) in [5.74, 6) is -0.486. The molecule has 1 aromatic carbocycles. The van der Waals surface area contributed by atoms with Gasteiger partial charge in [0.1, 0.15) is 0 Å². The number of Topliss-reactive ketones (excluding diaryl/α,β-unsaturated/α-hetero) is 1. The van der Waals surface area contributed by atoms with Gasteiger partial charge in [-0.25, -0.2) is 0 Å². The van der Waals surface area contributed by atoms with Gasteiger partial charge < -0.3 is 10.5 Å². The van der Waals surface area contributed by atoms with E-state index in [2.05, 4.69) is 4.74 Å². The van der Waals surface area contributed by atoms with Crippen molar-refractivity contribution in [3.05, 3.63) is 34.9 Å². The van der Waals surface area contributed by atoms with Gasteiger partial charge in [0.05, 0.1) is 13.2 Å². The van der Waals surface area contributed by atoms with Crippen molar-refractivity contribution >= 4 is 11.8 Å². The molecule has 0 aliphatic rings. The lowest BCUT2D eigenvalue weighted by atomic mass is 9.98. The molecule has 0 fully saturated rings. The highest BCUT2D eigenvalue weighted by Gasteiger charge is 2.17. The molecule has 1 rings (SSSR count). The van der Waals surface area contributed by atoms with E-state index in [4.69, 9.17) is 5.73 Å². The summed E-state index contributed by atoms with van der Waals surface area (Å²) in [6.45, 7) is 3.94. The molecule has 0 aromatic heterocycles. The first-order valence-electron chi connectivity index (χ1n) is 5.89. The number of benzene rings is 1. The summed E-state index contributed by atoms with van der Waals surface area (Å²) in [6, 6.07) is 4.83. The Morgan fingerprint density at radius 2 is 1.94 bits per heavy atom. The lowest BCUT2D eigenvalue weighted by Gasteiger charge is -2.11. The number of nitrogens with two attached hydrogens (primary N) is 1. The zero-order valence-electron chi connectivity index (χ0n) is 11.0. The van der Waals surface area contributed by atoms with Crippen LogP contribution in [0.4, 0.5) is 0 Å². The highest BCUT2D eigenvalue weighted by molar-refractivity contribution is 6.00. The molecule has 0 saturated carbocycles. The van der Waals surface area contributed by atoms with E-state index in [1.807, 2.05) is 26.0 Å². The third-order valence-electron chi connectivity index (χ3n) is 3.02. The largest absolute Gasteiger partial charge is 0.469 e. The molecule has 0 radical (unpaired) electrons. The summed E-state index contributed by atoms with van der Waals surface area (Å²) >= 11 is 0. The monoisotopic (exact) mass is 249 g/mol.